The molecule has 0 rings (SSSR count). The van der Waals surface area contributed by atoms with Crippen molar-refractivity contribution in [1.29, 1.82) is 0 Å². The second-order valence-electron chi connectivity index (χ2n) is 11.5. The van der Waals surface area contributed by atoms with Crippen molar-refractivity contribution < 1.29 is 4.79 Å². The van der Waals surface area contributed by atoms with Crippen LogP contribution in [-0.4, -0.2) is 12.5 Å². The van der Waals surface area contributed by atoms with Crippen molar-refractivity contribution in [3.8, 4) is 0 Å². The van der Waals surface area contributed by atoms with Crippen LogP contribution in [0.5, 0.6) is 0 Å². The Morgan fingerprint density at radius 2 is 0.718 bits per heavy atom. The molecule has 0 aromatic carbocycles. The van der Waals surface area contributed by atoms with Crippen LogP contribution in [0.4, 0.5) is 0 Å². The third-order valence-corrected chi connectivity index (χ3v) is 7.40. The van der Waals surface area contributed by atoms with E-state index in [1.165, 1.54) is 161 Å². The van der Waals surface area contributed by atoms with Gasteiger partial charge in [-0.25, -0.2) is 0 Å². The lowest BCUT2D eigenvalue weighted by molar-refractivity contribution is -0.118. The number of carbonyl (C=O) groups excluding carboxylic acids is 1. The van der Waals surface area contributed by atoms with Crippen LogP contribution in [0.1, 0.15) is 194 Å². The van der Waals surface area contributed by atoms with Gasteiger partial charge < -0.3 is 11.5 Å². The lowest BCUT2D eigenvalue weighted by Gasteiger charge is -1.99. The standard InChI is InChI=1S/C18H35NO.C18H37N/c1-2-3-4-5-6-7-8-9-10-11-12-13-14-15-16-17-18(19)20;1-2-3-4-5-6-7-8-9-10-11-12-13-14-15-16-17-18-19/h9-10H,2-8,11-17H2,1H3,(H2,19,20);9-10H,2-8,11-19H2,1H3/b10-9-;. The zero-order valence-corrected chi connectivity index (χ0v) is 26.9. The summed E-state index contributed by atoms with van der Waals surface area (Å²) in [5.41, 5.74) is 10.6. The Labute approximate surface area is 246 Å². The highest BCUT2D eigenvalue weighted by Crippen LogP contribution is 2.11. The van der Waals surface area contributed by atoms with Gasteiger partial charge in [-0.15, -0.1) is 0 Å². The molecule has 0 unspecified atom stereocenters. The second-order valence-corrected chi connectivity index (χ2v) is 11.5. The normalized spacial score (nSPS) is 11.4. The molecule has 0 radical (unpaired) electrons. The van der Waals surface area contributed by atoms with Crippen LogP contribution in [0.3, 0.4) is 0 Å². The molecule has 0 aliphatic heterocycles. The number of hydrogen-bond acceptors (Lipinski definition) is 2. The maximum absolute atomic E-state index is 10.5. The van der Waals surface area contributed by atoms with Crippen molar-refractivity contribution in [3.05, 3.63) is 24.3 Å². The molecular formula is C36H72N2O. The Hall–Kier alpha value is -1.09. The molecule has 0 aromatic heterocycles. The fourth-order valence-electron chi connectivity index (χ4n) is 4.76. The molecular weight excluding hydrogens is 476 g/mol. The predicted molar refractivity (Wildman–Crippen MR) is 177 cm³/mol. The number of hydrogen-bond donors (Lipinski definition) is 2. The van der Waals surface area contributed by atoms with Crippen LogP contribution in [0.2, 0.25) is 0 Å². The summed E-state index contributed by atoms with van der Waals surface area (Å²) in [6, 6.07) is 0. The Balaban J connectivity index is 0. The van der Waals surface area contributed by atoms with E-state index in [9.17, 15) is 4.79 Å². The van der Waals surface area contributed by atoms with Crippen molar-refractivity contribution in [1.82, 2.24) is 0 Å². The highest BCUT2D eigenvalue weighted by molar-refractivity contribution is 5.73. The topological polar surface area (TPSA) is 69.1 Å². The van der Waals surface area contributed by atoms with Crippen molar-refractivity contribution >= 4 is 5.91 Å². The van der Waals surface area contributed by atoms with Gasteiger partial charge in [-0.3, -0.25) is 4.79 Å². The van der Waals surface area contributed by atoms with Gasteiger partial charge in [-0.1, -0.05) is 147 Å². The average Bonchev–Trinajstić information content (AvgIpc) is 2.93. The summed E-state index contributed by atoms with van der Waals surface area (Å²) in [6.45, 7) is 5.41. The number of nitrogens with two attached hydrogens (primary N) is 2. The smallest absolute Gasteiger partial charge is 0.217 e. The summed E-state index contributed by atoms with van der Waals surface area (Å²) in [5, 5.41) is 0. The first-order chi connectivity index (χ1) is 19.2. The molecule has 4 N–H and O–H groups in total. The molecule has 1 amide bonds. The predicted octanol–water partition coefficient (Wildman–Crippen LogP) is 11.5. The monoisotopic (exact) mass is 549 g/mol. The summed E-state index contributed by atoms with van der Waals surface area (Å²) in [5.74, 6) is -0.164. The zero-order chi connectivity index (χ0) is 28.9. The highest BCUT2D eigenvalue weighted by Gasteiger charge is 1.94. The molecule has 232 valence electrons. The molecule has 0 fully saturated rings. The summed E-state index contributed by atoms with van der Waals surface area (Å²) < 4.78 is 0. The van der Waals surface area contributed by atoms with E-state index in [1.807, 2.05) is 0 Å². The Morgan fingerprint density at radius 3 is 1.03 bits per heavy atom. The van der Waals surface area contributed by atoms with Crippen LogP contribution in [0.15, 0.2) is 24.3 Å². The minimum Gasteiger partial charge on any atom is -0.370 e. The Bertz CT molecular complexity index is 500. The lowest BCUT2D eigenvalue weighted by Crippen LogP contribution is -2.09. The molecule has 0 saturated carbocycles. The Morgan fingerprint density at radius 1 is 0.436 bits per heavy atom. The fourth-order valence-corrected chi connectivity index (χ4v) is 4.76. The largest absolute Gasteiger partial charge is 0.370 e. The molecule has 0 aromatic rings. The number of amides is 1. The van der Waals surface area contributed by atoms with Gasteiger partial charge in [0.15, 0.2) is 0 Å². The second kappa shape index (κ2) is 39.1. The van der Waals surface area contributed by atoms with Crippen LogP contribution < -0.4 is 11.5 Å². The first-order valence-corrected chi connectivity index (χ1v) is 17.5. The molecule has 0 bridgehead atoms. The molecule has 0 saturated heterocycles. The quantitative estimate of drug-likeness (QED) is 0.0692. The van der Waals surface area contributed by atoms with E-state index in [0.717, 1.165) is 19.4 Å². The molecule has 3 nitrogen and oxygen atoms in total. The van der Waals surface area contributed by atoms with Crippen molar-refractivity contribution in [2.45, 2.75) is 194 Å². The number of allylic oxidation sites excluding steroid dienone is 4. The van der Waals surface area contributed by atoms with Gasteiger partial charge in [0.1, 0.15) is 0 Å². The summed E-state index contributed by atoms with van der Waals surface area (Å²) >= 11 is 0. The van der Waals surface area contributed by atoms with E-state index in [4.69, 9.17) is 11.5 Å². The molecule has 0 atom stereocenters. The summed E-state index contributed by atoms with van der Waals surface area (Å²) in [6.07, 6.45) is 45.8. The fraction of sp³-hybridized carbons (Fsp3) is 0.861. The van der Waals surface area contributed by atoms with Gasteiger partial charge in [0.25, 0.3) is 0 Å². The molecule has 39 heavy (non-hydrogen) atoms. The van der Waals surface area contributed by atoms with Crippen molar-refractivity contribution in [2.75, 3.05) is 6.54 Å². The van der Waals surface area contributed by atoms with Gasteiger partial charge >= 0.3 is 0 Å². The van der Waals surface area contributed by atoms with Crippen LogP contribution >= 0.6 is 0 Å². The van der Waals surface area contributed by atoms with Gasteiger partial charge in [0.05, 0.1) is 0 Å². The maximum Gasteiger partial charge on any atom is 0.217 e. The minimum atomic E-state index is -0.164. The Kier molecular flexibility index (Phi) is 40.1. The van der Waals surface area contributed by atoms with Gasteiger partial charge in [0.2, 0.25) is 5.91 Å². The maximum atomic E-state index is 10.5. The SMILES string of the molecule is CCCCCCCC/C=C\CCCCCCCC(N)=O.CCCCCCCCC=CCCCCCCCCN. The van der Waals surface area contributed by atoms with E-state index in [0.29, 0.717) is 6.42 Å². The summed E-state index contributed by atoms with van der Waals surface area (Å²) in [7, 11) is 0. The van der Waals surface area contributed by atoms with E-state index in [1.54, 1.807) is 0 Å². The average molecular weight is 549 g/mol. The van der Waals surface area contributed by atoms with Crippen LogP contribution in [-0.2, 0) is 4.79 Å². The molecule has 3 heteroatoms. The van der Waals surface area contributed by atoms with E-state index >= 15 is 0 Å². The molecule has 0 heterocycles. The molecule has 0 aliphatic carbocycles. The lowest BCUT2D eigenvalue weighted by atomic mass is 10.1. The van der Waals surface area contributed by atoms with Gasteiger partial charge in [-0.2, -0.15) is 0 Å². The van der Waals surface area contributed by atoms with Gasteiger partial charge in [0, 0.05) is 6.42 Å². The van der Waals surface area contributed by atoms with E-state index in [2.05, 4.69) is 38.2 Å². The van der Waals surface area contributed by atoms with Crippen LogP contribution in [0, 0.1) is 0 Å². The molecule has 0 spiro atoms. The third kappa shape index (κ3) is 44.2. The first-order valence-electron chi connectivity index (χ1n) is 17.5. The number of unbranched alkanes of at least 4 members (excludes halogenated alkanes) is 23. The highest BCUT2D eigenvalue weighted by atomic mass is 16.1. The molecule has 0 aliphatic rings. The van der Waals surface area contributed by atoms with Crippen molar-refractivity contribution in [2.24, 2.45) is 11.5 Å². The van der Waals surface area contributed by atoms with Crippen molar-refractivity contribution in [3.63, 3.8) is 0 Å². The van der Waals surface area contributed by atoms with Crippen LogP contribution in [0.25, 0.3) is 0 Å². The summed E-state index contributed by atoms with van der Waals surface area (Å²) in [4.78, 5) is 10.5. The number of rotatable bonds is 30. The minimum absolute atomic E-state index is 0.164. The first kappa shape index (κ1) is 40.1. The number of primary amides is 1. The van der Waals surface area contributed by atoms with Gasteiger partial charge in [-0.05, 0) is 70.8 Å². The zero-order valence-electron chi connectivity index (χ0n) is 26.9. The van der Waals surface area contributed by atoms with E-state index in [-0.39, 0.29) is 5.91 Å². The number of carbonyl (C=O) groups is 1. The van der Waals surface area contributed by atoms with E-state index < -0.39 is 0 Å². The third-order valence-electron chi connectivity index (χ3n) is 7.40.